The molecule has 0 saturated carbocycles. The van der Waals surface area contributed by atoms with Crippen molar-refractivity contribution in [1.29, 1.82) is 0 Å². The summed E-state index contributed by atoms with van der Waals surface area (Å²) in [4.78, 5) is 13.7. The summed E-state index contributed by atoms with van der Waals surface area (Å²) in [6, 6.07) is 11.0. The summed E-state index contributed by atoms with van der Waals surface area (Å²) in [6.45, 7) is 4.96. The quantitative estimate of drug-likeness (QED) is 0.486. The molecule has 186 valence electrons. The molecule has 0 bridgehead atoms. The molecule has 0 aliphatic carbocycles. The molecule has 0 amide bonds. The summed E-state index contributed by atoms with van der Waals surface area (Å²) >= 11 is 0. The second-order valence-electron chi connectivity index (χ2n) is 8.82. The van der Waals surface area contributed by atoms with E-state index < -0.39 is 10.0 Å². The minimum atomic E-state index is -3.46. The Balaban J connectivity index is 1.15. The van der Waals surface area contributed by atoms with E-state index in [0.29, 0.717) is 31.3 Å². The first-order valence-corrected chi connectivity index (χ1v) is 13.4. The Morgan fingerprint density at radius 3 is 2.34 bits per heavy atom. The maximum atomic E-state index is 12.9. The summed E-state index contributed by atoms with van der Waals surface area (Å²) in [7, 11) is -1.83. The summed E-state index contributed by atoms with van der Waals surface area (Å²) in [5.41, 5.74) is 0.877. The van der Waals surface area contributed by atoms with Gasteiger partial charge in [-0.05, 0) is 49.2 Å². The highest BCUT2D eigenvalue weighted by Crippen LogP contribution is 2.23. The molecule has 2 aromatic heterocycles. The normalized spacial score (nSPS) is 18.0. The van der Waals surface area contributed by atoms with E-state index >= 15 is 0 Å². The van der Waals surface area contributed by atoms with Crippen molar-refractivity contribution in [2.75, 3.05) is 51.3 Å². The van der Waals surface area contributed by atoms with Crippen LogP contribution in [-0.4, -0.2) is 79.1 Å². The van der Waals surface area contributed by atoms with Crippen LogP contribution in [0.2, 0.25) is 0 Å². The van der Waals surface area contributed by atoms with Crippen LogP contribution >= 0.6 is 0 Å². The van der Waals surface area contributed by atoms with E-state index in [0.717, 1.165) is 62.6 Å². The fourth-order valence-corrected chi connectivity index (χ4v) is 5.93. The average molecular weight is 499 g/mol. The number of piperazine rings is 1. The smallest absolute Gasteiger partial charge is 0.244 e. The molecule has 2 aliphatic heterocycles. The van der Waals surface area contributed by atoms with Gasteiger partial charge in [0.1, 0.15) is 16.5 Å². The fraction of sp³-hybridized carbons (Fsp3) is 0.458. The molecule has 11 heteroatoms. The first-order valence-electron chi connectivity index (χ1n) is 11.9. The van der Waals surface area contributed by atoms with Crippen LogP contribution in [0.3, 0.4) is 0 Å². The van der Waals surface area contributed by atoms with Crippen LogP contribution < -0.4 is 9.64 Å². The van der Waals surface area contributed by atoms with E-state index in [4.69, 9.17) is 9.26 Å². The third-order valence-corrected chi connectivity index (χ3v) is 8.43. The molecule has 4 heterocycles. The largest absolute Gasteiger partial charge is 0.497 e. The van der Waals surface area contributed by atoms with Gasteiger partial charge >= 0.3 is 0 Å². The monoisotopic (exact) mass is 498 g/mol. The molecule has 2 fully saturated rings. The van der Waals surface area contributed by atoms with Crippen molar-refractivity contribution >= 4 is 15.8 Å². The van der Waals surface area contributed by atoms with Crippen molar-refractivity contribution in [3.05, 3.63) is 48.5 Å². The van der Waals surface area contributed by atoms with E-state index in [2.05, 4.69) is 24.9 Å². The van der Waals surface area contributed by atoms with Crippen molar-refractivity contribution in [2.45, 2.75) is 30.7 Å². The lowest BCUT2D eigenvalue weighted by Crippen LogP contribution is -2.46. The Morgan fingerprint density at radius 1 is 0.943 bits per heavy atom. The highest BCUT2D eigenvalue weighted by molar-refractivity contribution is 7.89. The minimum Gasteiger partial charge on any atom is -0.497 e. The average Bonchev–Trinajstić information content (AvgIpc) is 3.38. The van der Waals surface area contributed by atoms with Gasteiger partial charge in [-0.3, -0.25) is 4.90 Å². The molecule has 10 nitrogen and oxygen atoms in total. The number of aromatic nitrogens is 3. The molecule has 3 aromatic rings. The summed E-state index contributed by atoms with van der Waals surface area (Å²) < 4.78 is 37.9. The lowest BCUT2D eigenvalue weighted by Gasteiger charge is -2.34. The van der Waals surface area contributed by atoms with Crippen molar-refractivity contribution in [2.24, 2.45) is 0 Å². The van der Waals surface area contributed by atoms with Crippen molar-refractivity contribution in [3.63, 3.8) is 0 Å². The lowest BCUT2D eigenvalue weighted by molar-refractivity contribution is 0.215. The molecule has 0 spiro atoms. The molecule has 5 rings (SSSR count). The van der Waals surface area contributed by atoms with E-state index in [9.17, 15) is 8.42 Å². The van der Waals surface area contributed by atoms with Crippen LogP contribution in [0.25, 0.3) is 11.4 Å². The zero-order valence-corrected chi connectivity index (χ0v) is 20.7. The van der Waals surface area contributed by atoms with Crippen LogP contribution in [0.1, 0.15) is 25.2 Å². The topological polar surface area (TPSA) is 105 Å². The van der Waals surface area contributed by atoms with E-state index in [1.807, 2.05) is 30.3 Å². The van der Waals surface area contributed by atoms with Gasteiger partial charge < -0.3 is 14.2 Å². The number of sulfonamides is 1. The summed E-state index contributed by atoms with van der Waals surface area (Å²) in [5.74, 6) is 2.71. The van der Waals surface area contributed by atoms with Crippen LogP contribution in [0.4, 0.5) is 5.82 Å². The number of piperidine rings is 1. The number of pyridine rings is 1. The maximum absolute atomic E-state index is 12.9. The first kappa shape index (κ1) is 23.7. The second-order valence-corrected chi connectivity index (χ2v) is 10.8. The number of hydrogen-bond donors (Lipinski definition) is 0. The number of ether oxygens (including phenoxy) is 1. The van der Waals surface area contributed by atoms with Gasteiger partial charge in [0.15, 0.2) is 0 Å². The number of benzene rings is 1. The third-order valence-electron chi connectivity index (χ3n) is 6.54. The fourth-order valence-electron chi connectivity index (χ4n) is 4.47. The number of hydrogen-bond acceptors (Lipinski definition) is 9. The van der Waals surface area contributed by atoms with Gasteiger partial charge in [-0.25, -0.2) is 13.4 Å². The summed E-state index contributed by atoms with van der Waals surface area (Å²) in [5, 5.41) is 4.11. The highest BCUT2D eigenvalue weighted by Gasteiger charge is 2.27. The Labute approximate surface area is 205 Å². The second kappa shape index (κ2) is 10.3. The maximum Gasteiger partial charge on any atom is 0.244 e. The SMILES string of the molecule is COc1ccc(-c2noc(CN3CCN(c4ccc(S(=O)(=O)N5CCCCC5)cn4)CC3)n2)cc1. The molecule has 0 unspecified atom stereocenters. The first-order chi connectivity index (χ1) is 17.0. The number of anilines is 1. The molecule has 0 radical (unpaired) electrons. The van der Waals surface area contributed by atoms with Crippen LogP contribution in [0, 0.1) is 0 Å². The zero-order chi connectivity index (χ0) is 24.3. The van der Waals surface area contributed by atoms with Gasteiger partial charge in [0.25, 0.3) is 0 Å². The third kappa shape index (κ3) is 5.31. The van der Waals surface area contributed by atoms with Gasteiger partial charge in [0, 0.05) is 51.0 Å². The van der Waals surface area contributed by atoms with Gasteiger partial charge in [0.2, 0.25) is 21.7 Å². The Hall–Kier alpha value is -3.02. The van der Waals surface area contributed by atoms with Crippen molar-refractivity contribution < 1.29 is 17.7 Å². The molecular formula is C24H30N6O4S. The van der Waals surface area contributed by atoms with Crippen LogP contribution in [-0.2, 0) is 16.6 Å². The van der Waals surface area contributed by atoms with E-state index in [1.54, 1.807) is 17.5 Å². The zero-order valence-electron chi connectivity index (χ0n) is 19.8. The molecule has 1 aromatic carbocycles. The molecular weight excluding hydrogens is 468 g/mol. The lowest BCUT2D eigenvalue weighted by atomic mass is 10.2. The molecule has 35 heavy (non-hydrogen) atoms. The molecule has 0 N–H and O–H groups in total. The van der Waals surface area contributed by atoms with Crippen LogP contribution in [0.15, 0.2) is 52.0 Å². The number of nitrogens with zero attached hydrogens (tertiary/aromatic N) is 6. The summed E-state index contributed by atoms with van der Waals surface area (Å²) in [6.07, 6.45) is 4.42. The highest BCUT2D eigenvalue weighted by atomic mass is 32.2. The van der Waals surface area contributed by atoms with Crippen molar-refractivity contribution in [1.82, 2.24) is 24.3 Å². The predicted octanol–water partition coefficient (Wildman–Crippen LogP) is 2.64. The minimum absolute atomic E-state index is 0.269. The van der Waals surface area contributed by atoms with Gasteiger partial charge in [-0.1, -0.05) is 11.6 Å². The Kier molecular flexibility index (Phi) is 6.98. The van der Waals surface area contributed by atoms with Gasteiger partial charge in [0.05, 0.1) is 13.7 Å². The number of rotatable bonds is 7. The predicted molar refractivity (Wildman–Crippen MR) is 131 cm³/mol. The number of methoxy groups -OCH3 is 1. The Bertz CT molecular complexity index is 1220. The molecule has 2 saturated heterocycles. The van der Waals surface area contributed by atoms with Crippen LogP contribution in [0.5, 0.6) is 5.75 Å². The van der Waals surface area contributed by atoms with Gasteiger partial charge in [-0.2, -0.15) is 9.29 Å². The van der Waals surface area contributed by atoms with E-state index in [-0.39, 0.29) is 4.90 Å². The standard InChI is InChI=1S/C24H30N6O4S/c1-33-20-7-5-19(6-8-20)24-26-23(34-27-24)18-28-13-15-29(16-14-28)22-10-9-21(17-25-22)35(31,32)30-11-3-2-4-12-30/h5-10,17H,2-4,11-16,18H2,1H3. The molecule has 0 atom stereocenters. The van der Waals surface area contributed by atoms with Gasteiger partial charge in [-0.15, -0.1) is 0 Å². The van der Waals surface area contributed by atoms with Crippen molar-refractivity contribution in [3.8, 4) is 17.1 Å². The van der Waals surface area contributed by atoms with E-state index in [1.165, 1.54) is 6.20 Å². The molecule has 2 aliphatic rings. The Morgan fingerprint density at radius 2 is 1.69 bits per heavy atom.